The molecule has 0 aliphatic heterocycles. The summed E-state index contributed by atoms with van der Waals surface area (Å²) in [6.45, 7) is 1.38. The Bertz CT molecular complexity index is 693. The third-order valence-corrected chi connectivity index (χ3v) is 2.48. The number of para-hydroxylation sites is 2. The minimum atomic E-state index is -0.510. The predicted octanol–water partition coefficient (Wildman–Crippen LogP) is 3.45. The second-order valence-electron chi connectivity index (χ2n) is 4.03. The highest BCUT2D eigenvalue weighted by atomic mass is 19.1. The lowest BCUT2D eigenvalue weighted by molar-refractivity contribution is -0.114. The summed E-state index contributed by atoms with van der Waals surface area (Å²) >= 11 is 0. The first-order chi connectivity index (χ1) is 9.60. The summed E-state index contributed by atoms with van der Waals surface area (Å²) in [5, 5.41) is 11.6. The Morgan fingerprint density at radius 2 is 2.00 bits per heavy atom. The van der Waals surface area contributed by atoms with Crippen molar-refractivity contribution in [3.8, 4) is 17.6 Å². The zero-order valence-electron chi connectivity index (χ0n) is 10.7. The molecular formula is C15H11FN2O2. The van der Waals surface area contributed by atoms with E-state index >= 15 is 0 Å². The van der Waals surface area contributed by atoms with Crippen molar-refractivity contribution in [2.75, 3.05) is 5.32 Å². The standard InChI is InChI=1S/C15H11FN2O2/c1-10(19)18-13-4-2-3-5-15(13)20-14-7-6-12(16)8-11(14)9-17/h2-8H,1H3,(H,18,19). The highest BCUT2D eigenvalue weighted by Crippen LogP contribution is 2.31. The minimum Gasteiger partial charge on any atom is -0.454 e. The van der Waals surface area contributed by atoms with Crippen molar-refractivity contribution >= 4 is 11.6 Å². The number of carbonyl (C=O) groups excluding carboxylic acids is 1. The Balaban J connectivity index is 2.36. The molecular weight excluding hydrogens is 259 g/mol. The van der Waals surface area contributed by atoms with Crippen LogP contribution in [-0.2, 0) is 4.79 Å². The number of amides is 1. The van der Waals surface area contributed by atoms with E-state index in [2.05, 4.69) is 5.32 Å². The summed E-state index contributed by atoms with van der Waals surface area (Å²) in [6.07, 6.45) is 0. The second kappa shape index (κ2) is 5.85. The molecule has 2 rings (SSSR count). The number of nitriles is 1. The van der Waals surface area contributed by atoms with Crippen molar-refractivity contribution < 1.29 is 13.9 Å². The average Bonchev–Trinajstić information content (AvgIpc) is 2.42. The summed E-state index contributed by atoms with van der Waals surface area (Å²) < 4.78 is 18.6. The Labute approximate surface area is 115 Å². The number of rotatable bonds is 3. The van der Waals surface area contributed by atoms with E-state index in [4.69, 9.17) is 10.00 Å². The van der Waals surface area contributed by atoms with E-state index in [0.717, 1.165) is 6.07 Å². The fraction of sp³-hybridized carbons (Fsp3) is 0.0667. The number of hydrogen-bond acceptors (Lipinski definition) is 3. The maximum absolute atomic E-state index is 13.1. The molecule has 1 amide bonds. The van der Waals surface area contributed by atoms with Crippen LogP contribution in [0.5, 0.6) is 11.5 Å². The largest absolute Gasteiger partial charge is 0.454 e. The average molecular weight is 270 g/mol. The molecule has 0 spiro atoms. The van der Waals surface area contributed by atoms with Gasteiger partial charge in [0.2, 0.25) is 5.91 Å². The molecule has 20 heavy (non-hydrogen) atoms. The molecule has 0 heterocycles. The Morgan fingerprint density at radius 3 is 2.70 bits per heavy atom. The van der Waals surface area contributed by atoms with Gasteiger partial charge in [-0.1, -0.05) is 12.1 Å². The number of anilines is 1. The topological polar surface area (TPSA) is 62.1 Å². The third kappa shape index (κ3) is 3.12. The Kier molecular flexibility index (Phi) is 3.96. The van der Waals surface area contributed by atoms with Crippen LogP contribution >= 0.6 is 0 Å². The lowest BCUT2D eigenvalue weighted by Gasteiger charge is -2.12. The summed E-state index contributed by atoms with van der Waals surface area (Å²) in [5.74, 6) is -0.137. The lowest BCUT2D eigenvalue weighted by atomic mass is 10.2. The van der Waals surface area contributed by atoms with Crippen LogP contribution in [0.3, 0.4) is 0 Å². The molecule has 5 heteroatoms. The molecule has 1 N–H and O–H groups in total. The zero-order chi connectivity index (χ0) is 14.5. The van der Waals surface area contributed by atoms with E-state index in [-0.39, 0.29) is 17.2 Å². The molecule has 0 atom stereocenters. The van der Waals surface area contributed by atoms with Crippen molar-refractivity contribution in [2.24, 2.45) is 0 Å². The van der Waals surface area contributed by atoms with Gasteiger partial charge in [-0.2, -0.15) is 5.26 Å². The van der Waals surface area contributed by atoms with Crippen LogP contribution in [0.15, 0.2) is 42.5 Å². The van der Waals surface area contributed by atoms with E-state index in [1.54, 1.807) is 24.3 Å². The number of hydrogen-bond donors (Lipinski definition) is 1. The van der Waals surface area contributed by atoms with Crippen LogP contribution in [0, 0.1) is 17.1 Å². The van der Waals surface area contributed by atoms with Gasteiger partial charge in [0.1, 0.15) is 17.6 Å². The molecule has 0 radical (unpaired) electrons. The molecule has 0 saturated carbocycles. The van der Waals surface area contributed by atoms with E-state index in [1.807, 2.05) is 6.07 Å². The molecule has 0 aliphatic rings. The van der Waals surface area contributed by atoms with Crippen molar-refractivity contribution in [1.82, 2.24) is 0 Å². The molecule has 2 aromatic carbocycles. The maximum atomic E-state index is 13.1. The monoisotopic (exact) mass is 270 g/mol. The smallest absolute Gasteiger partial charge is 0.221 e. The number of nitrogens with zero attached hydrogens (tertiary/aromatic N) is 1. The third-order valence-electron chi connectivity index (χ3n) is 2.48. The minimum absolute atomic E-state index is 0.0858. The Morgan fingerprint density at radius 1 is 1.25 bits per heavy atom. The summed E-state index contributed by atoms with van der Waals surface area (Å²) in [4.78, 5) is 11.1. The van der Waals surface area contributed by atoms with Gasteiger partial charge in [-0.25, -0.2) is 4.39 Å². The molecule has 0 aliphatic carbocycles. The van der Waals surface area contributed by atoms with Gasteiger partial charge >= 0.3 is 0 Å². The summed E-state index contributed by atoms with van der Waals surface area (Å²) in [7, 11) is 0. The van der Waals surface area contributed by atoms with E-state index in [0.29, 0.717) is 11.4 Å². The van der Waals surface area contributed by atoms with Gasteiger partial charge in [0.25, 0.3) is 0 Å². The van der Waals surface area contributed by atoms with E-state index in [1.165, 1.54) is 19.1 Å². The molecule has 2 aromatic rings. The lowest BCUT2D eigenvalue weighted by Crippen LogP contribution is -2.06. The highest BCUT2D eigenvalue weighted by Gasteiger charge is 2.09. The normalized spacial score (nSPS) is 9.65. The second-order valence-corrected chi connectivity index (χ2v) is 4.03. The summed E-state index contributed by atoms with van der Waals surface area (Å²) in [5.41, 5.74) is 0.566. The van der Waals surface area contributed by atoms with Crippen LogP contribution in [0.4, 0.5) is 10.1 Å². The first kappa shape index (κ1) is 13.6. The van der Waals surface area contributed by atoms with E-state index < -0.39 is 5.82 Å². The molecule has 0 saturated heterocycles. The molecule has 4 nitrogen and oxygen atoms in total. The first-order valence-corrected chi connectivity index (χ1v) is 5.84. The molecule has 0 bridgehead atoms. The van der Waals surface area contributed by atoms with Gasteiger partial charge in [-0.05, 0) is 30.3 Å². The fourth-order valence-electron chi connectivity index (χ4n) is 1.65. The van der Waals surface area contributed by atoms with E-state index in [9.17, 15) is 9.18 Å². The van der Waals surface area contributed by atoms with Crippen LogP contribution in [0.25, 0.3) is 0 Å². The number of carbonyl (C=O) groups is 1. The number of ether oxygens (including phenoxy) is 1. The van der Waals surface area contributed by atoms with Gasteiger partial charge < -0.3 is 10.1 Å². The van der Waals surface area contributed by atoms with Crippen LogP contribution in [0.2, 0.25) is 0 Å². The molecule has 100 valence electrons. The van der Waals surface area contributed by atoms with Crippen LogP contribution < -0.4 is 10.1 Å². The highest BCUT2D eigenvalue weighted by molar-refractivity contribution is 5.90. The molecule has 0 fully saturated rings. The molecule has 0 unspecified atom stereocenters. The van der Waals surface area contributed by atoms with Crippen LogP contribution in [0.1, 0.15) is 12.5 Å². The van der Waals surface area contributed by atoms with Crippen molar-refractivity contribution in [3.63, 3.8) is 0 Å². The number of nitrogens with one attached hydrogen (secondary N) is 1. The first-order valence-electron chi connectivity index (χ1n) is 5.84. The van der Waals surface area contributed by atoms with Crippen molar-refractivity contribution in [3.05, 3.63) is 53.8 Å². The Hall–Kier alpha value is -2.87. The fourth-order valence-corrected chi connectivity index (χ4v) is 1.65. The SMILES string of the molecule is CC(=O)Nc1ccccc1Oc1ccc(F)cc1C#N. The maximum Gasteiger partial charge on any atom is 0.221 e. The van der Waals surface area contributed by atoms with Gasteiger partial charge in [0, 0.05) is 6.92 Å². The van der Waals surface area contributed by atoms with Crippen LogP contribution in [-0.4, -0.2) is 5.91 Å². The van der Waals surface area contributed by atoms with Crippen molar-refractivity contribution in [1.29, 1.82) is 5.26 Å². The van der Waals surface area contributed by atoms with Gasteiger partial charge in [-0.15, -0.1) is 0 Å². The van der Waals surface area contributed by atoms with Gasteiger partial charge in [0.05, 0.1) is 11.3 Å². The van der Waals surface area contributed by atoms with Gasteiger partial charge in [-0.3, -0.25) is 4.79 Å². The molecule has 0 aromatic heterocycles. The zero-order valence-corrected chi connectivity index (χ0v) is 10.7. The number of halogens is 1. The van der Waals surface area contributed by atoms with Gasteiger partial charge in [0.15, 0.2) is 5.75 Å². The number of benzene rings is 2. The quantitative estimate of drug-likeness (QED) is 0.929. The predicted molar refractivity (Wildman–Crippen MR) is 71.9 cm³/mol. The summed E-state index contributed by atoms with van der Waals surface area (Å²) in [6, 6.07) is 12.3. The van der Waals surface area contributed by atoms with Crippen molar-refractivity contribution in [2.45, 2.75) is 6.92 Å².